The van der Waals surface area contributed by atoms with Crippen LogP contribution in [0.2, 0.25) is 0 Å². The first-order valence-electron chi connectivity index (χ1n) is 12.6. The van der Waals surface area contributed by atoms with Crippen molar-refractivity contribution in [2.75, 3.05) is 20.2 Å². The summed E-state index contributed by atoms with van der Waals surface area (Å²) in [6, 6.07) is 1.63. The molecular formula is C27H28F4N6O4. The van der Waals surface area contributed by atoms with Gasteiger partial charge in [0.1, 0.15) is 24.7 Å². The average molecular weight is 577 g/mol. The number of aliphatic imine (C=N–C) groups is 1. The lowest BCUT2D eigenvalue weighted by Crippen LogP contribution is -2.55. The zero-order chi connectivity index (χ0) is 29.9. The molecule has 14 heteroatoms. The number of nitrogens with two attached hydrogens (primary N) is 1. The van der Waals surface area contributed by atoms with Gasteiger partial charge in [-0.3, -0.25) is 24.5 Å². The lowest BCUT2D eigenvalue weighted by Gasteiger charge is -2.33. The molecule has 4 rings (SSSR count). The molecule has 41 heavy (non-hydrogen) atoms. The highest BCUT2D eigenvalue weighted by molar-refractivity contribution is 6.08. The molecule has 0 radical (unpaired) electrons. The van der Waals surface area contributed by atoms with Crippen LogP contribution in [0.15, 0.2) is 41.7 Å². The molecule has 0 saturated carbocycles. The average Bonchev–Trinajstić information content (AvgIpc) is 3.11. The Bertz CT molecular complexity index is 1410. The number of pyridine rings is 1. The molecular weight excluding hydrogens is 548 g/mol. The molecule has 0 saturated heterocycles. The van der Waals surface area contributed by atoms with E-state index >= 15 is 0 Å². The third-order valence-electron chi connectivity index (χ3n) is 7.13. The number of alkyl halides is 3. The molecule has 1 aliphatic carbocycles. The largest absolute Gasteiger partial charge is 0.491 e. The van der Waals surface area contributed by atoms with E-state index in [1.54, 1.807) is 26.4 Å². The molecule has 218 valence electrons. The third-order valence-corrected chi connectivity index (χ3v) is 7.13. The number of amides is 4. The first-order valence-corrected chi connectivity index (χ1v) is 12.6. The maximum absolute atomic E-state index is 13.9. The fourth-order valence-corrected chi connectivity index (χ4v) is 4.94. The number of rotatable bonds is 6. The van der Waals surface area contributed by atoms with Crippen LogP contribution in [0.4, 0.5) is 22.4 Å². The van der Waals surface area contributed by atoms with Crippen molar-refractivity contribution in [1.29, 1.82) is 0 Å². The van der Waals surface area contributed by atoms with Gasteiger partial charge in [0.2, 0.25) is 12.3 Å². The summed E-state index contributed by atoms with van der Waals surface area (Å²) in [6.07, 6.45) is 0.665. The maximum atomic E-state index is 13.9. The Balaban J connectivity index is 1.52. The summed E-state index contributed by atoms with van der Waals surface area (Å²) in [5.74, 6) is -1.89. The Labute approximate surface area is 232 Å². The van der Waals surface area contributed by atoms with E-state index in [-0.39, 0.29) is 17.7 Å². The monoisotopic (exact) mass is 576 g/mol. The summed E-state index contributed by atoms with van der Waals surface area (Å²) in [7, 11) is 1.59. The normalized spacial score (nSPS) is 20.6. The standard InChI is InChI=1S/C27H28F4N6O4/c1-26(6-5-16-8-21(34-11-20(16)26)18(9-32)10-33-2)35-25(40)36(15-38)13-24(39)37-12-17-7-19(28)3-4-22(17)41-14-23(37)27(29,30)31/h3-4,7-11,15,23H,5-6,12-14,32H2,1-2H3,(H,35,40)/t23-,26-/m0/s1. The molecule has 3 N–H and O–H groups in total. The van der Waals surface area contributed by atoms with Gasteiger partial charge in [-0.1, -0.05) is 0 Å². The van der Waals surface area contributed by atoms with Gasteiger partial charge in [0.05, 0.1) is 17.8 Å². The second-order valence-electron chi connectivity index (χ2n) is 9.87. The van der Waals surface area contributed by atoms with Crippen molar-refractivity contribution in [2.24, 2.45) is 10.7 Å². The van der Waals surface area contributed by atoms with Gasteiger partial charge in [-0.05, 0) is 55.2 Å². The van der Waals surface area contributed by atoms with Crippen molar-refractivity contribution in [3.05, 3.63) is 64.9 Å². The number of allylic oxidation sites excluding steroid dienone is 1. The number of hydrogen-bond donors (Lipinski definition) is 2. The predicted molar refractivity (Wildman–Crippen MR) is 140 cm³/mol. The van der Waals surface area contributed by atoms with Gasteiger partial charge in [-0.15, -0.1) is 0 Å². The van der Waals surface area contributed by atoms with E-state index in [2.05, 4.69) is 15.3 Å². The molecule has 2 atom stereocenters. The summed E-state index contributed by atoms with van der Waals surface area (Å²) in [4.78, 5) is 47.3. The first kappa shape index (κ1) is 29.5. The number of aryl methyl sites for hydroxylation is 1. The highest BCUT2D eigenvalue weighted by Crippen LogP contribution is 2.37. The number of carbonyl (C=O) groups is 3. The molecule has 0 fully saturated rings. The van der Waals surface area contributed by atoms with Gasteiger partial charge < -0.3 is 20.7 Å². The van der Waals surface area contributed by atoms with Gasteiger partial charge in [0.25, 0.3) is 0 Å². The first-order chi connectivity index (χ1) is 19.4. The number of nitrogens with one attached hydrogen (secondary N) is 1. The number of nitrogens with zero attached hydrogens (tertiary/aromatic N) is 4. The van der Waals surface area contributed by atoms with Crippen LogP contribution in [0.3, 0.4) is 0 Å². The highest BCUT2D eigenvalue weighted by atomic mass is 19.4. The summed E-state index contributed by atoms with van der Waals surface area (Å²) >= 11 is 0. The summed E-state index contributed by atoms with van der Waals surface area (Å²) in [5.41, 5.74) is 7.43. The fraction of sp³-hybridized carbons (Fsp3) is 0.370. The number of fused-ring (bicyclic) bond motifs is 2. The molecule has 10 nitrogen and oxygen atoms in total. The fourth-order valence-electron chi connectivity index (χ4n) is 4.94. The van der Waals surface area contributed by atoms with E-state index in [4.69, 9.17) is 10.5 Å². The molecule has 2 aliphatic rings. The number of urea groups is 1. The molecule has 0 spiro atoms. The Morgan fingerprint density at radius 3 is 2.73 bits per heavy atom. The van der Waals surface area contributed by atoms with Crippen LogP contribution in [-0.2, 0) is 28.1 Å². The number of aromatic nitrogens is 1. The van der Waals surface area contributed by atoms with Crippen molar-refractivity contribution >= 4 is 30.1 Å². The van der Waals surface area contributed by atoms with Crippen molar-refractivity contribution < 1.29 is 36.7 Å². The van der Waals surface area contributed by atoms with Gasteiger partial charge in [-0.2, -0.15) is 13.2 Å². The Morgan fingerprint density at radius 1 is 1.32 bits per heavy atom. The van der Waals surface area contributed by atoms with E-state index in [9.17, 15) is 31.9 Å². The van der Waals surface area contributed by atoms with Gasteiger partial charge in [0, 0.05) is 36.8 Å². The highest BCUT2D eigenvalue weighted by Gasteiger charge is 2.48. The number of ether oxygens (including phenoxy) is 1. The quantitative estimate of drug-likeness (QED) is 0.309. The Kier molecular flexibility index (Phi) is 8.31. The minimum absolute atomic E-state index is 0.00146. The van der Waals surface area contributed by atoms with Crippen molar-refractivity contribution in [3.8, 4) is 5.75 Å². The van der Waals surface area contributed by atoms with Crippen LogP contribution in [-0.4, -0.2) is 71.8 Å². The second-order valence-corrected chi connectivity index (χ2v) is 9.87. The van der Waals surface area contributed by atoms with Crippen LogP contribution in [0, 0.1) is 5.82 Å². The van der Waals surface area contributed by atoms with Gasteiger partial charge >= 0.3 is 12.2 Å². The molecule has 1 aliphatic heterocycles. The minimum atomic E-state index is -4.89. The molecule has 1 aromatic heterocycles. The Hall–Kier alpha value is -4.49. The van der Waals surface area contributed by atoms with Crippen molar-refractivity contribution in [1.82, 2.24) is 20.1 Å². The van der Waals surface area contributed by atoms with E-state index in [0.29, 0.717) is 39.5 Å². The number of hydrogen-bond acceptors (Lipinski definition) is 7. The SMILES string of the molecule is CN=CC(=CN)c1cc2c(cn1)[C@@](C)(NC(=O)N(C=O)CC(=O)N1Cc3cc(F)ccc3OC[C@H]1C(F)(F)F)CC2. The summed E-state index contributed by atoms with van der Waals surface area (Å²) < 4.78 is 60.7. The maximum Gasteiger partial charge on any atom is 0.412 e. The molecule has 4 amide bonds. The van der Waals surface area contributed by atoms with E-state index in [1.807, 2.05) is 6.07 Å². The molecule has 0 bridgehead atoms. The van der Waals surface area contributed by atoms with E-state index < -0.39 is 55.2 Å². The molecule has 2 aromatic rings. The van der Waals surface area contributed by atoms with Crippen LogP contribution < -0.4 is 15.8 Å². The number of halogens is 4. The van der Waals surface area contributed by atoms with Crippen LogP contribution in [0.1, 0.15) is 35.7 Å². The topological polar surface area (TPSA) is 130 Å². The van der Waals surface area contributed by atoms with E-state index in [0.717, 1.165) is 17.7 Å². The van der Waals surface area contributed by atoms with Crippen LogP contribution >= 0.6 is 0 Å². The van der Waals surface area contributed by atoms with Crippen LogP contribution in [0.5, 0.6) is 5.75 Å². The smallest absolute Gasteiger partial charge is 0.412 e. The lowest BCUT2D eigenvalue weighted by molar-refractivity contribution is -0.195. The van der Waals surface area contributed by atoms with E-state index in [1.165, 1.54) is 12.3 Å². The number of benzene rings is 1. The number of imide groups is 1. The summed E-state index contributed by atoms with van der Waals surface area (Å²) in [6.45, 7) is -0.831. The second kappa shape index (κ2) is 11.6. The van der Waals surface area contributed by atoms with Crippen molar-refractivity contribution in [2.45, 2.75) is 44.1 Å². The van der Waals surface area contributed by atoms with Gasteiger partial charge in [0.15, 0.2) is 6.04 Å². The molecule has 1 aromatic carbocycles. The zero-order valence-electron chi connectivity index (χ0n) is 22.2. The molecule has 2 heterocycles. The Morgan fingerprint density at radius 2 is 2.07 bits per heavy atom. The molecule has 0 unspecified atom stereocenters. The lowest BCUT2D eigenvalue weighted by atomic mass is 9.95. The van der Waals surface area contributed by atoms with Crippen molar-refractivity contribution in [3.63, 3.8) is 0 Å². The zero-order valence-corrected chi connectivity index (χ0v) is 22.2. The predicted octanol–water partition coefficient (Wildman–Crippen LogP) is 2.90. The van der Waals surface area contributed by atoms with Gasteiger partial charge in [-0.25, -0.2) is 9.18 Å². The minimum Gasteiger partial charge on any atom is -0.491 e. The number of carbonyl (C=O) groups excluding carboxylic acids is 3. The summed E-state index contributed by atoms with van der Waals surface area (Å²) in [5, 5.41) is 2.72. The third kappa shape index (κ3) is 6.15. The van der Waals surface area contributed by atoms with Crippen LogP contribution in [0.25, 0.3) is 5.57 Å².